The lowest BCUT2D eigenvalue weighted by atomic mass is 9.94. The molecule has 3 atom stereocenters. The summed E-state index contributed by atoms with van der Waals surface area (Å²) in [6.07, 6.45) is -1.89. The highest BCUT2D eigenvalue weighted by Gasteiger charge is 2.38. The molecule has 3 aromatic rings. The van der Waals surface area contributed by atoms with Crippen molar-refractivity contribution in [1.29, 1.82) is 5.26 Å². The number of benzene rings is 1. The van der Waals surface area contributed by atoms with E-state index in [1.54, 1.807) is 29.8 Å². The van der Waals surface area contributed by atoms with E-state index in [9.17, 15) is 18.0 Å². The van der Waals surface area contributed by atoms with Crippen LogP contribution >= 0.6 is 0 Å². The number of rotatable bonds is 7. The van der Waals surface area contributed by atoms with Crippen LogP contribution in [-0.2, 0) is 19.6 Å². The number of halogens is 3. The highest BCUT2D eigenvalue weighted by molar-refractivity contribution is 5.48. The molecule has 4 rings (SSSR count). The molecule has 0 saturated carbocycles. The van der Waals surface area contributed by atoms with Crippen LogP contribution in [0.15, 0.2) is 35.1 Å². The van der Waals surface area contributed by atoms with Crippen LogP contribution in [0.2, 0.25) is 0 Å². The van der Waals surface area contributed by atoms with Crippen molar-refractivity contribution in [3.8, 4) is 6.07 Å². The third-order valence-electron chi connectivity index (χ3n) is 7.37. The zero-order valence-corrected chi connectivity index (χ0v) is 21.5. The van der Waals surface area contributed by atoms with E-state index >= 15 is 0 Å². The first kappa shape index (κ1) is 26.7. The normalized spacial score (nSPS) is 19.8. The molecule has 11 heteroatoms. The molecule has 1 aliphatic rings. The summed E-state index contributed by atoms with van der Waals surface area (Å²) >= 11 is 0. The van der Waals surface area contributed by atoms with Gasteiger partial charge in [-0.2, -0.15) is 33.0 Å². The Kier molecular flexibility index (Phi) is 7.59. The molecule has 8 nitrogen and oxygen atoms in total. The van der Waals surface area contributed by atoms with Crippen LogP contribution in [0.25, 0.3) is 5.65 Å². The molecule has 3 heterocycles. The smallest absolute Gasteiger partial charge is 0.335 e. The summed E-state index contributed by atoms with van der Waals surface area (Å²) in [6, 6.07) is 9.39. The molecule has 0 unspecified atom stereocenters. The van der Waals surface area contributed by atoms with Crippen LogP contribution in [0.4, 0.5) is 19.1 Å². The minimum Gasteiger partial charge on any atom is -0.335 e. The zero-order chi connectivity index (χ0) is 26.9. The van der Waals surface area contributed by atoms with Crippen LogP contribution in [0.1, 0.15) is 62.9 Å². The number of nitrogens with zero attached hydrogens (tertiary/aromatic N) is 7. The fourth-order valence-corrected chi connectivity index (χ4v) is 5.33. The van der Waals surface area contributed by atoms with E-state index < -0.39 is 17.4 Å². The molecular formula is C26H32F3N7O. The van der Waals surface area contributed by atoms with E-state index in [2.05, 4.69) is 46.7 Å². The van der Waals surface area contributed by atoms with E-state index in [0.29, 0.717) is 30.4 Å². The van der Waals surface area contributed by atoms with Gasteiger partial charge in [0.2, 0.25) is 5.95 Å². The first-order valence-corrected chi connectivity index (χ1v) is 12.6. The van der Waals surface area contributed by atoms with E-state index in [1.807, 2.05) is 0 Å². The lowest BCUT2D eigenvalue weighted by Crippen LogP contribution is -2.59. The molecule has 37 heavy (non-hydrogen) atoms. The fraction of sp³-hybridized carbons (Fsp3) is 0.538. The monoisotopic (exact) mass is 515 g/mol. The second-order valence-corrected chi connectivity index (χ2v) is 9.51. The highest BCUT2D eigenvalue weighted by atomic mass is 19.4. The quantitative estimate of drug-likeness (QED) is 0.466. The van der Waals surface area contributed by atoms with Gasteiger partial charge in [0, 0.05) is 44.3 Å². The first-order chi connectivity index (χ1) is 17.6. The standard InChI is InChI=1S/C26H32F3N7O/c1-5-20-16-35(24-31-25(37)33(4)23-14-19(12-13-30)32-36(23)24)21(6-2)15-34(20)22(7-3)17-8-10-18(11-9-17)26(27,28)29/h8-11,14,20-22H,5-7,12,15-16H2,1-4H3/t20-,21+,22+/m1/s1. The zero-order valence-electron chi connectivity index (χ0n) is 21.5. The van der Waals surface area contributed by atoms with Gasteiger partial charge in [-0.05, 0) is 37.0 Å². The topological polar surface area (TPSA) is 82.5 Å². The van der Waals surface area contributed by atoms with Gasteiger partial charge < -0.3 is 4.90 Å². The number of alkyl halides is 3. The number of anilines is 1. The molecule has 2 aromatic heterocycles. The lowest BCUT2D eigenvalue weighted by molar-refractivity contribution is -0.137. The summed E-state index contributed by atoms with van der Waals surface area (Å²) in [5, 5.41) is 13.7. The van der Waals surface area contributed by atoms with Gasteiger partial charge in [0.05, 0.1) is 23.7 Å². The Morgan fingerprint density at radius 3 is 2.35 bits per heavy atom. The van der Waals surface area contributed by atoms with Crippen LogP contribution in [0, 0.1) is 11.3 Å². The SMILES string of the molecule is CC[C@H]1CN([C@@H](CC)c2ccc(C(F)(F)F)cc2)[C@H](CC)CN1c1nc(=O)n(C)c2cc(CC#N)nn12. The molecule has 0 amide bonds. The number of piperazine rings is 1. The molecule has 0 radical (unpaired) electrons. The molecule has 198 valence electrons. The third kappa shape index (κ3) is 5.07. The fourth-order valence-electron chi connectivity index (χ4n) is 5.33. The molecule has 1 fully saturated rings. The van der Waals surface area contributed by atoms with Crippen LogP contribution in [-0.4, -0.2) is 49.2 Å². The minimum absolute atomic E-state index is 0.0118. The summed E-state index contributed by atoms with van der Waals surface area (Å²) < 4.78 is 42.4. The Morgan fingerprint density at radius 2 is 1.78 bits per heavy atom. The van der Waals surface area contributed by atoms with Gasteiger partial charge in [-0.15, -0.1) is 0 Å². The number of aromatic nitrogens is 4. The van der Waals surface area contributed by atoms with E-state index in [-0.39, 0.29) is 24.5 Å². The number of aryl methyl sites for hydroxylation is 1. The largest absolute Gasteiger partial charge is 0.416 e. The molecule has 0 N–H and O–H groups in total. The predicted octanol–water partition coefficient (Wildman–Crippen LogP) is 4.34. The number of fused-ring (bicyclic) bond motifs is 1. The minimum atomic E-state index is -4.37. The second-order valence-electron chi connectivity index (χ2n) is 9.51. The molecule has 1 aliphatic heterocycles. The molecule has 0 bridgehead atoms. The van der Waals surface area contributed by atoms with Gasteiger partial charge in [0.1, 0.15) is 5.65 Å². The number of nitriles is 1. The van der Waals surface area contributed by atoms with E-state index in [4.69, 9.17) is 5.26 Å². The van der Waals surface area contributed by atoms with Gasteiger partial charge >= 0.3 is 11.9 Å². The van der Waals surface area contributed by atoms with E-state index in [1.165, 1.54) is 4.57 Å². The van der Waals surface area contributed by atoms with Gasteiger partial charge in [-0.1, -0.05) is 32.9 Å². The Hall–Kier alpha value is -3.39. The van der Waals surface area contributed by atoms with Gasteiger partial charge in [-0.3, -0.25) is 9.47 Å². The van der Waals surface area contributed by atoms with Crippen molar-refractivity contribution in [3.63, 3.8) is 0 Å². The van der Waals surface area contributed by atoms with Gasteiger partial charge in [0.25, 0.3) is 0 Å². The van der Waals surface area contributed by atoms with E-state index in [0.717, 1.165) is 37.0 Å². The molecule has 1 saturated heterocycles. The Balaban J connectivity index is 1.70. The molecular weight excluding hydrogens is 483 g/mol. The maximum atomic E-state index is 13.1. The molecule has 0 spiro atoms. The average Bonchev–Trinajstić information content (AvgIpc) is 3.30. The summed E-state index contributed by atoms with van der Waals surface area (Å²) in [6.45, 7) is 7.47. The third-order valence-corrected chi connectivity index (χ3v) is 7.37. The summed E-state index contributed by atoms with van der Waals surface area (Å²) in [7, 11) is 1.63. The van der Waals surface area contributed by atoms with Crippen molar-refractivity contribution in [2.75, 3.05) is 18.0 Å². The summed E-state index contributed by atoms with van der Waals surface area (Å²) in [4.78, 5) is 21.6. The maximum Gasteiger partial charge on any atom is 0.416 e. The van der Waals surface area contributed by atoms with Crippen LogP contribution < -0.4 is 10.6 Å². The summed E-state index contributed by atoms with van der Waals surface area (Å²) in [5.74, 6) is 0.454. The van der Waals surface area contributed by atoms with Crippen molar-refractivity contribution in [3.05, 3.63) is 57.6 Å². The number of hydrogen-bond donors (Lipinski definition) is 0. The number of hydrogen-bond acceptors (Lipinski definition) is 6. The average molecular weight is 516 g/mol. The van der Waals surface area contributed by atoms with Crippen molar-refractivity contribution in [2.45, 2.75) is 70.8 Å². The summed E-state index contributed by atoms with van der Waals surface area (Å²) in [5.41, 5.74) is 0.956. The Morgan fingerprint density at radius 1 is 1.11 bits per heavy atom. The molecule has 0 aliphatic carbocycles. The van der Waals surface area contributed by atoms with Gasteiger partial charge in [-0.25, -0.2) is 4.79 Å². The maximum absolute atomic E-state index is 13.1. The first-order valence-electron chi connectivity index (χ1n) is 12.6. The Bertz CT molecular complexity index is 1340. The van der Waals surface area contributed by atoms with Crippen molar-refractivity contribution >= 4 is 11.6 Å². The van der Waals surface area contributed by atoms with Crippen molar-refractivity contribution in [2.24, 2.45) is 7.05 Å². The molecule has 1 aromatic carbocycles. The van der Waals surface area contributed by atoms with Gasteiger partial charge in [0.15, 0.2) is 0 Å². The lowest BCUT2D eigenvalue weighted by Gasteiger charge is -2.49. The second kappa shape index (κ2) is 10.5. The predicted molar refractivity (Wildman–Crippen MR) is 134 cm³/mol. The Labute approximate surface area is 213 Å². The van der Waals surface area contributed by atoms with Crippen LogP contribution in [0.3, 0.4) is 0 Å². The van der Waals surface area contributed by atoms with Crippen LogP contribution in [0.5, 0.6) is 0 Å². The van der Waals surface area contributed by atoms with Crippen molar-refractivity contribution in [1.82, 2.24) is 24.1 Å². The highest BCUT2D eigenvalue weighted by Crippen LogP contribution is 2.35. The van der Waals surface area contributed by atoms with Crippen molar-refractivity contribution < 1.29 is 13.2 Å².